The standard InChI is InChI=1S/C48H80NO9P/c1-6-8-10-11-12-13-14-15-16-17-18-19-20-25-28-31-35-39-48(51)57-44(43-56-59(52,53)55-41-40-49(3,4)5)42-54-47(50)38-34-30-27-24-22-21-23-26-29-33-37-46-45(58-46)36-32-9-7-2/h12-13,15-16,18-19,21,23-25,27-29,33,44-46H,6-11,14,17,20,22,26,30-32,34-43H2,1-5H3/p+1/b13-12-,16-15-,19-18-,23-21-,27-24-,28-25-,33-29-/t44-,45?,46?/m1/s1. The van der Waals surface area contributed by atoms with E-state index in [1.54, 1.807) is 0 Å². The molecule has 0 bridgehead atoms. The minimum atomic E-state index is -4.41. The van der Waals surface area contributed by atoms with Crippen LogP contribution in [0.3, 0.4) is 0 Å². The Hall–Kier alpha value is -2.85. The highest BCUT2D eigenvalue weighted by Crippen LogP contribution is 2.43. The van der Waals surface area contributed by atoms with Crippen LogP contribution < -0.4 is 0 Å². The van der Waals surface area contributed by atoms with Crippen molar-refractivity contribution < 1.29 is 46.8 Å². The molecular formula is C48H81NO9P+. The molecule has 1 heterocycles. The molecule has 1 rings (SSSR count). The number of hydrogen-bond donors (Lipinski definition) is 1. The molecular weight excluding hydrogens is 766 g/mol. The number of allylic oxidation sites excluding steroid dienone is 13. The van der Waals surface area contributed by atoms with Crippen LogP contribution in [0.5, 0.6) is 0 Å². The van der Waals surface area contributed by atoms with Crippen LogP contribution >= 0.6 is 7.82 Å². The van der Waals surface area contributed by atoms with Crippen molar-refractivity contribution in [1.82, 2.24) is 0 Å². The van der Waals surface area contributed by atoms with Crippen molar-refractivity contribution in [3.8, 4) is 0 Å². The summed E-state index contributed by atoms with van der Waals surface area (Å²) in [7, 11) is 1.39. The predicted molar refractivity (Wildman–Crippen MR) is 242 cm³/mol. The lowest BCUT2D eigenvalue weighted by Gasteiger charge is -2.24. The minimum absolute atomic E-state index is 0.00644. The molecule has 336 valence electrons. The van der Waals surface area contributed by atoms with E-state index in [-0.39, 0.29) is 26.1 Å². The first kappa shape index (κ1) is 54.2. The number of ether oxygens (including phenoxy) is 3. The summed E-state index contributed by atoms with van der Waals surface area (Å²) in [5.41, 5.74) is 0. The lowest BCUT2D eigenvalue weighted by molar-refractivity contribution is -0.870. The molecule has 1 aliphatic rings. The second kappa shape index (κ2) is 35.9. The number of quaternary nitrogens is 1. The molecule has 0 amide bonds. The molecule has 0 radical (unpaired) electrons. The van der Waals surface area contributed by atoms with Crippen LogP contribution in [0.25, 0.3) is 0 Å². The molecule has 0 aromatic heterocycles. The molecule has 59 heavy (non-hydrogen) atoms. The summed E-state index contributed by atoms with van der Waals surface area (Å²) in [6.45, 7) is 4.20. The van der Waals surface area contributed by atoms with E-state index in [2.05, 4.69) is 86.8 Å². The Labute approximate surface area is 358 Å². The Kier molecular flexibility index (Phi) is 32.9. The molecule has 0 spiro atoms. The average molecular weight is 847 g/mol. The van der Waals surface area contributed by atoms with Gasteiger partial charge in [-0.05, 0) is 83.5 Å². The van der Waals surface area contributed by atoms with Crippen molar-refractivity contribution in [2.75, 3.05) is 47.5 Å². The lowest BCUT2D eigenvalue weighted by atomic mass is 10.1. The predicted octanol–water partition coefficient (Wildman–Crippen LogP) is 11.8. The average Bonchev–Trinajstić information content (AvgIpc) is 3.94. The third-order valence-corrected chi connectivity index (χ3v) is 10.3. The fraction of sp³-hybridized carbons (Fsp3) is 0.667. The summed E-state index contributed by atoms with van der Waals surface area (Å²) in [6, 6.07) is 0. The maximum Gasteiger partial charge on any atom is 0.472 e. The highest BCUT2D eigenvalue weighted by atomic mass is 31.2. The number of carbonyl (C=O) groups is 2. The van der Waals surface area contributed by atoms with E-state index < -0.39 is 32.5 Å². The Morgan fingerprint density at radius 2 is 1.12 bits per heavy atom. The zero-order valence-electron chi connectivity index (χ0n) is 37.4. The Bertz CT molecular complexity index is 1340. The van der Waals surface area contributed by atoms with Crippen molar-refractivity contribution in [3.63, 3.8) is 0 Å². The minimum Gasteiger partial charge on any atom is -0.462 e. The molecule has 10 nitrogen and oxygen atoms in total. The summed E-state index contributed by atoms with van der Waals surface area (Å²) >= 11 is 0. The van der Waals surface area contributed by atoms with E-state index >= 15 is 0 Å². The summed E-state index contributed by atoms with van der Waals surface area (Å²) < 4.78 is 39.9. The van der Waals surface area contributed by atoms with E-state index in [0.29, 0.717) is 42.5 Å². The number of unbranched alkanes of at least 4 members (excludes halogenated alkanes) is 7. The van der Waals surface area contributed by atoms with E-state index in [0.717, 1.165) is 44.9 Å². The number of nitrogens with zero attached hydrogens (tertiary/aromatic N) is 1. The van der Waals surface area contributed by atoms with Crippen LogP contribution in [-0.4, -0.2) is 87.1 Å². The quantitative estimate of drug-likeness (QED) is 0.0162. The normalized spacial score (nSPS) is 17.8. The van der Waals surface area contributed by atoms with Gasteiger partial charge in [-0.1, -0.05) is 131 Å². The van der Waals surface area contributed by atoms with E-state index in [1.807, 2.05) is 33.3 Å². The zero-order chi connectivity index (χ0) is 43.3. The van der Waals surface area contributed by atoms with Gasteiger partial charge in [-0.15, -0.1) is 0 Å². The van der Waals surface area contributed by atoms with Crippen molar-refractivity contribution in [3.05, 3.63) is 85.1 Å². The van der Waals surface area contributed by atoms with Gasteiger partial charge in [0.15, 0.2) is 6.10 Å². The molecule has 0 saturated carbocycles. The SMILES string of the molecule is CCCCC/C=C\C/C=C\C/C=C\C/C=C\CCCC(=O)O[C@H](COC(=O)CCC/C=C\C/C=C\C/C=C\CC1OC1CCCCC)COP(=O)(O)OCC[N+](C)(C)C. The summed E-state index contributed by atoms with van der Waals surface area (Å²) in [4.78, 5) is 35.4. The second-order valence-corrected chi connectivity index (χ2v) is 17.6. The number of phosphoric ester groups is 1. The van der Waals surface area contributed by atoms with E-state index in [9.17, 15) is 19.0 Å². The van der Waals surface area contributed by atoms with Gasteiger partial charge in [-0.25, -0.2) is 4.57 Å². The first-order valence-corrected chi connectivity index (χ1v) is 23.9. The number of hydrogen-bond acceptors (Lipinski definition) is 8. The fourth-order valence-corrected chi connectivity index (χ4v) is 6.42. The maximum atomic E-state index is 12.7. The summed E-state index contributed by atoms with van der Waals surface area (Å²) in [6.07, 6.45) is 48.2. The van der Waals surface area contributed by atoms with Gasteiger partial charge < -0.3 is 23.6 Å². The van der Waals surface area contributed by atoms with Gasteiger partial charge in [0.25, 0.3) is 0 Å². The fourth-order valence-electron chi connectivity index (χ4n) is 5.68. The number of likely N-dealkylation sites (N-methyl/N-ethyl adjacent to an activating group) is 1. The van der Waals surface area contributed by atoms with Gasteiger partial charge in [-0.2, -0.15) is 0 Å². The largest absolute Gasteiger partial charge is 0.472 e. The topological polar surface area (TPSA) is 121 Å². The van der Waals surface area contributed by atoms with Crippen molar-refractivity contribution >= 4 is 19.8 Å². The van der Waals surface area contributed by atoms with Crippen LogP contribution in [-0.2, 0) is 37.4 Å². The number of phosphoric acid groups is 1. The molecule has 3 unspecified atom stereocenters. The third-order valence-electron chi connectivity index (χ3n) is 9.32. The molecule has 11 heteroatoms. The molecule has 1 N–H and O–H groups in total. The Balaban J connectivity index is 2.36. The van der Waals surface area contributed by atoms with E-state index in [1.165, 1.54) is 51.4 Å². The molecule has 0 aliphatic carbocycles. The number of esters is 2. The molecule has 4 atom stereocenters. The van der Waals surface area contributed by atoms with Gasteiger partial charge >= 0.3 is 19.8 Å². The Morgan fingerprint density at radius 3 is 1.66 bits per heavy atom. The second-order valence-electron chi connectivity index (χ2n) is 16.1. The zero-order valence-corrected chi connectivity index (χ0v) is 38.3. The van der Waals surface area contributed by atoms with Gasteiger partial charge in [0.1, 0.15) is 19.8 Å². The van der Waals surface area contributed by atoms with Crippen LogP contribution in [0.1, 0.15) is 142 Å². The van der Waals surface area contributed by atoms with Crippen molar-refractivity contribution in [2.24, 2.45) is 0 Å². The molecule has 1 fully saturated rings. The van der Waals surface area contributed by atoms with Gasteiger partial charge in [0.2, 0.25) is 0 Å². The van der Waals surface area contributed by atoms with Crippen LogP contribution in [0.15, 0.2) is 85.1 Å². The van der Waals surface area contributed by atoms with Crippen molar-refractivity contribution in [1.29, 1.82) is 0 Å². The summed E-state index contributed by atoms with van der Waals surface area (Å²) in [5.74, 6) is -0.944. The van der Waals surface area contributed by atoms with Crippen LogP contribution in [0.2, 0.25) is 0 Å². The first-order chi connectivity index (χ1) is 28.5. The maximum absolute atomic E-state index is 12.7. The molecule has 1 saturated heterocycles. The van der Waals surface area contributed by atoms with Crippen LogP contribution in [0, 0.1) is 0 Å². The van der Waals surface area contributed by atoms with E-state index in [4.69, 9.17) is 23.3 Å². The summed E-state index contributed by atoms with van der Waals surface area (Å²) in [5, 5.41) is 0. The highest BCUT2D eigenvalue weighted by molar-refractivity contribution is 7.47. The lowest BCUT2D eigenvalue weighted by Crippen LogP contribution is -2.37. The van der Waals surface area contributed by atoms with Crippen LogP contribution in [0.4, 0.5) is 0 Å². The first-order valence-electron chi connectivity index (χ1n) is 22.4. The molecule has 0 aromatic rings. The smallest absolute Gasteiger partial charge is 0.462 e. The van der Waals surface area contributed by atoms with Gasteiger partial charge in [0, 0.05) is 12.8 Å². The monoisotopic (exact) mass is 847 g/mol. The third kappa shape index (κ3) is 36.7. The Morgan fingerprint density at radius 1 is 0.627 bits per heavy atom. The van der Waals surface area contributed by atoms with Gasteiger partial charge in [0.05, 0.1) is 40.0 Å². The molecule has 1 aliphatic heterocycles. The number of epoxide rings is 1. The van der Waals surface area contributed by atoms with Crippen molar-refractivity contribution in [2.45, 2.75) is 161 Å². The van der Waals surface area contributed by atoms with Gasteiger partial charge in [-0.3, -0.25) is 18.6 Å². The number of rotatable bonds is 38. The number of carbonyl (C=O) groups excluding carboxylic acids is 2. The highest BCUT2D eigenvalue weighted by Gasteiger charge is 2.36. The molecule has 0 aromatic carbocycles.